The Labute approximate surface area is 176 Å². The summed E-state index contributed by atoms with van der Waals surface area (Å²) in [6, 6.07) is 18.5. The summed E-state index contributed by atoms with van der Waals surface area (Å²) in [6.45, 7) is 6.16. The number of hydrogen-bond donors (Lipinski definition) is 1. The zero-order valence-corrected chi connectivity index (χ0v) is 17.4. The largest absolute Gasteiger partial charge is 0.490 e. The average Bonchev–Trinajstić information content (AvgIpc) is 2.70. The van der Waals surface area contributed by atoms with E-state index in [1.54, 1.807) is 12.1 Å². The second-order valence-corrected chi connectivity index (χ2v) is 7.25. The minimum Gasteiger partial charge on any atom is -0.490 e. The number of benzene rings is 3. The van der Waals surface area contributed by atoms with Crippen molar-refractivity contribution in [3.8, 4) is 11.5 Å². The van der Waals surface area contributed by atoms with Gasteiger partial charge in [-0.25, -0.2) is 4.39 Å². The molecule has 1 N–H and O–H groups in total. The van der Waals surface area contributed by atoms with Gasteiger partial charge in [-0.15, -0.1) is 0 Å². The smallest absolute Gasteiger partial charge is 0.180 e. The van der Waals surface area contributed by atoms with E-state index in [1.807, 2.05) is 31.2 Å². The highest BCUT2D eigenvalue weighted by molar-refractivity contribution is 6.32. The van der Waals surface area contributed by atoms with E-state index >= 15 is 0 Å². The van der Waals surface area contributed by atoms with Crippen LogP contribution in [-0.2, 0) is 19.7 Å². The summed E-state index contributed by atoms with van der Waals surface area (Å²) in [6.07, 6.45) is 0. The lowest BCUT2D eigenvalue weighted by molar-refractivity contribution is 0.269. The fourth-order valence-corrected chi connectivity index (χ4v) is 3.21. The Kier molecular flexibility index (Phi) is 7.50. The monoisotopic (exact) mass is 413 g/mol. The van der Waals surface area contributed by atoms with Gasteiger partial charge in [-0.3, -0.25) is 0 Å². The number of rotatable bonds is 9. The first-order chi connectivity index (χ1) is 14.0. The molecule has 3 aromatic rings. The van der Waals surface area contributed by atoms with Gasteiger partial charge in [0.05, 0.1) is 11.6 Å². The molecule has 5 heteroatoms. The first-order valence-corrected chi connectivity index (χ1v) is 10.0. The molecule has 0 atom stereocenters. The van der Waals surface area contributed by atoms with Crippen molar-refractivity contribution in [2.75, 3.05) is 6.61 Å². The molecule has 152 valence electrons. The van der Waals surface area contributed by atoms with Gasteiger partial charge in [-0.2, -0.15) is 0 Å². The van der Waals surface area contributed by atoms with Crippen LogP contribution in [0.25, 0.3) is 0 Å². The molecule has 0 aliphatic rings. The van der Waals surface area contributed by atoms with E-state index in [4.69, 9.17) is 21.1 Å². The maximum absolute atomic E-state index is 13.0. The Morgan fingerprint density at radius 1 is 0.862 bits per heavy atom. The van der Waals surface area contributed by atoms with Crippen molar-refractivity contribution in [1.82, 2.24) is 5.32 Å². The Morgan fingerprint density at radius 3 is 2.21 bits per heavy atom. The highest BCUT2D eigenvalue weighted by atomic mass is 35.5. The number of ether oxygens (including phenoxy) is 2. The lowest BCUT2D eigenvalue weighted by atomic mass is 10.1. The summed E-state index contributed by atoms with van der Waals surface area (Å²) in [5.41, 5.74) is 4.28. The van der Waals surface area contributed by atoms with Crippen LogP contribution in [0.15, 0.2) is 60.7 Å². The van der Waals surface area contributed by atoms with Crippen molar-refractivity contribution in [1.29, 1.82) is 0 Å². The van der Waals surface area contributed by atoms with Crippen molar-refractivity contribution < 1.29 is 13.9 Å². The summed E-state index contributed by atoms with van der Waals surface area (Å²) in [5, 5.41) is 3.85. The highest BCUT2D eigenvalue weighted by Crippen LogP contribution is 2.37. The third kappa shape index (κ3) is 6.21. The standard InChI is InChI=1S/C24H25ClFNO2/c1-3-28-23-13-20(15-27-14-18-8-10-21(26)11-9-18)12-22(25)24(23)29-16-19-6-4-17(2)5-7-19/h4-13,27H,3,14-16H2,1-2H3. The van der Waals surface area contributed by atoms with Gasteiger partial charge < -0.3 is 14.8 Å². The van der Waals surface area contributed by atoms with Crippen molar-refractivity contribution in [3.63, 3.8) is 0 Å². The van der Waals surface area contributed by atoms with E-state index in [2.05, 4.69) is 24.4 Å². The minimum absolute atomic E-state index is 0.233. The zero-order valence-electron chi connectivity index (χ0n) is 16.7. The van der Waals surface area contributed by atoms with Crippen molar-refractivity contribution in [2.24, 2.45) is 0 Å². The lowest BCUT2D eigenvalue weighted by Crippen LogP contribution is -2.13. The van der Waals surface area contributed by atoms with Crippen molar-refractivity contribution >= 4 is 11.6 Å². The maximum atomic E-state index is 13.0. The molecule has 3 nitrogen and oxygen atoms in total. The molecule has 0 aromatic heterocycles. The summed E-state index contributed by atoms with van der Waals surface area (Å²) in [4.78, 5) is 0. The predicted molar refractivity (Wildman–Crippen MR) is 115 cm³/mol. The summed E-state index contributed by atoms with van der Waals surface area (Å²) < 4.78 is 24.7. The number of halogens is 2. The van der Waals surface area contributed by atoms with E-state index in [0.29, 0.717) is 42.8 Å². The molecule has 0 unspecified atom stereocenters. The summed E-state index contributed by atoms with van der Waals surface area (Å²) >= 11 is 6.50. The van der Waals surface area contributed by atoms with Crippen LogP contribution in [0.1, 0.15) is 29.2 Å². The molecular formula is C24H25ClFNO2. The number of nitrogens with one attached hydrogen (secondary N) is 1. The summed E-state index contributed by atoms with van der Waals surface area (Å²) in [5.74, 6) is 0.949. The molecule has 0 aliphatic carbocycles. The van der Waals surface area contributed by atoms with Crippen LogP contribution >= 0.6 is 11.6 Å². The molecule has 29 heavy (non-hydrogen) atoms. The molecule has 0 aliphatic heterocycles. The van der Waals surface area contributed by atoms with E-state index in [1.165, 1.54) is 17.7 Å². The van der Waals surface area contributed by atoms with Gasteiger partial charge in [0, 0.05) is 13.1 Å². The zero-order chi connectivity index (χ0) is 20.6. The molecular weight excluding hydrogens is 389 g/mol. The second-order valence-electron chi connectivity index (χ2n) is 6.84. The first-order valence-electron chi connectivity index (χ1n) is 9.64. The molecule has 3 rings (SSSR count). The van der Waals surface area contributed by atoms with Crippen LogP contribution in [0.5, 0.6) is 11.5 Å². The average molecular weight is 414 g/mol. The number of aryl methyl sites for hydroxylation is 1. The van der Waals surface area contributed by atoms with E-state index < -0.39 is 0 Å². The molecule has 3 aromatic carbocycles. The Bertz CT molecular complexity index is 927. The highest BCUT2D eigenvalue weighted by Gasteiger charge is 2.13. The van der Waals surface area contributed by atoms with Gasteiger partial charge in [0.25, 0.3) is 0 Å². The van der Waals surface area contributed by atoms with Gasteiger partial charge >= 0.3 is 0 Å². The van der Waals surface area contributed by atoms with Gasteiger partial charge in [0.15, 0.2) is 11.5 Å². The van der Waals surface area contributed by atoms with E-state index in [0.717, 1.165) is 16.7 Å². The fourth-order valence-electron chi connectivity index (χ4n) is 2.92. The van der Waals surface area contributed by atoms with Gasteiger partial charge in [0.1, 0.15) is 12.4 Å². The van der Waals surface area contributed by atoms with E-state index in [9.17, 15) is 4.39 Å². The van der Waals surface area contributed by atoms with Gasteiger partial charge in [0.2, 0.25) is 0 Å². The van der Waals surface area contributed by atoms with Crippen LogP contribution in [0, 0.1) is 12.7 Å². The van der Waals surface area contributed by atoms with Crippen molar-refractivity contribution in [3.05, 3.63) is 93.8 Å². The topological polar surface area (TPSA) is 30.5 Å². The maximum Gasteiger partial charge on any atom is 0.180 e. The van der Waals surface area contributed by atoms with Crippen LogP contribution in [0.3, 0.4) is 0 Å². The number of hydrogen-bond acceptors (Lipinski definition) is 3. The van der Waals surface area contributed by atoms with Crippen LogP contribution < -0.4 is 14.8 Å². The molecule has 0 amide bonds. The fraction of sp³-hybridized carbons (Fsp3) is 0.250. The predicted octanol–water partition coefficient (Wildman–Crippen LogP) is 6.06. The Morgan fingerprint density at radius 2 is 1.52 bits per heavy atom. The molecule has 0 radical (unpaired) electrons. The second kappa shape index (κ2) is 10.3. The SMILES string of the molecule is CCOc1cc(CNCc2ccc(F)cc2)cc(Cl)c1OCc1ccc(C)cc1. The first kappa shape index (κ1) is 21.2. The molecule has 0 bridgehead atoms. The van der Waals surface area contributed by atoms with Crippen LogP contribution in [0.2, 0.25) is 5.02 Å². The molecule has 0 spiro atoms. The lowest BCUT2D eigenvalue weighted by Gasteiger charge is -2.16. The molecule has 0 heterocycles. The minimum atomic E-state index is -0.233. The van der Waals surface area contributed by atoms with Crippen LogP contribution in [-0.4, -0.2) is 6.61 Å². The summed E-state index contributed by atoms with van der Waals surface area (Å²) in [7, 11) is 0. The van der Waals surface area contributed by atoms with E-state index in [-0.39, 0.29) is 5.82 Å². The molecule has 0 saturated heterocycles. The van der Waals surface area contributed by atoms with Gasteiger partial charge in [-0.05, 0) is 54.8 Å². The van der Waals surface area contributed by atoms with Gasteiger partial charge in [-0.1, -0.05) is 53.6 Å². The van der Waals surface area contributed by atoms with Crippen molar-refractivity contribution in [2.45, 2.75) is 33.5 Å². The Hall–Kier alpha value is -2.56. The quantitative estimate of drug-likeness (QED) is 0.462. The van der Waals surface area contributed by atoms with Crippen LogP contribution in [0.4, 0.5) is 4.39 Å². The third-order valence-corrected chi connectivity index (χ3v) is 4.73. The molecule has 0 saturated carbocycles. The normalized spacial score (nSPS) is 10.8. The third-order valence-electron chi connectivity index (χ3n) is 4.44. The Balaban J connectivity index is 1.66. The molecule has 0 fully saturated rings.